The van der Waals surface area contributed by atoms with Crippen molar-refractivity contribution in [2.24, 2.45) is 4.99 Å². The zero-order valence-electron chi connectivity index (χ0n) is 11.8. The van der Waals surface area contributed by atoms with Crippen LogP contribution in [0.2, 0.25) is 0 Å². The second-order valence-electron chi connectivity index (χ2n) is 4.75. The number of nitrogens with zero attached hydrogens (tertiary/aromatic N) is 2. The molecule has 0 radical (unpaired) electrons. The molecule has 0 atom stereocenters. The van der Waals surface area contributed by atoms with E-state index in [9.17, 15) is 4.79 Å². The monoisotopic (exact) mass is 300 g/mol. The van der Waals surface area contributed by atoms with Crippen LogP contribution in [0.4, 0.5) is 11.4 Å². The first kappa shape index (κ1) is 13.8. The number of hydrogen-bond acceptors (Lipinski definition) is 4. The zero-order chi connectivity index (χ0) is 14.7. The van der Waals surface area contributed by atoms with Gasteiger partial charge < -0.3 is 9.64 Å². The Balaban J connectivity index is 1.92. The van der Waals surface area contributed by atoms with Crippen LogP contribution < -0.4 is 4.90 Å². The Labute approximate surface area is 127 Å². The van der Waals surface area contributed by atoms with Crippen molar-refractivity contribution in [3.05, 3.63) is 46.7 Å². The molecule has 1 aromatic heterocycles. The number of carbonyl (C=O) groups is 1. The molecule has 5 heteroatoms. The van der Waals surface area contributed by atoms with Crippen molar-refractivity contribution in [2.75, 3.05) is 18.6 Å². The molecule has 2 aromatic rings. The second kappa shape index (κ2) is 6.10. The van der Waals surface area contributed by atoms with E-state index in [0.29, 0.717) is 10.6 Å². The van der Waals surface area contributed by atoms with Gasteiger partial charge in [-0.05, 0) is 30.0 Å². The number of esters is 1. The van der Waals surface area contributed by atoms with E-state index in [4.69, 9.17) is 9.73 Å². The molecule has 21 heavy (non-hydrogen) atoms. The average Bonchev–Trinajstić information content (AvgIpc) is 3.17. The van der Waals surface area contributed by atoms with Crippen molar-refractivity contribution >= 4 is 34.5 Å². The van der Waals surface area contributed by atoms with E-state index in [0.717, 1.165) is 30.9 Å². The molecule has 1 aromatic carbocycles. The predicted octanol–water partition coefficient (Wildman–Crippen LogP) is 3.87. The molecule has 0 N–H and O–H groups in total. The van der Waals surface area contributed by atoms with E-state index in [1.165, 1.54) is 18.4 Å². The maximum absolute atomic E-state index is 11.7. The maximum atomic E-state index is 11.7. The quantitative estimate of drug-likeness (QED) is 0.808. The SMILES string of the molecule is COC(=O)c1sccc1N=C1CCCN1c1ccccc1. The number of anilines is 1. The van der Waals surface area contributed by atoms with Gasteiger partial charge in [0, 0.05) is 18.7 Å². The van der Waals surface area contributed by atoms with Crippen LogP contribution in [0.3, 0.4) is 0 Å². The predicted molar refractivity (Wildman–Crippen MR) is 85.8 cm³/mol. The van der Waals surface area contributed by atoms with Crippen molar-refractivity contribution in [2.45, 2.75) is 12.8 Å². The van der Waals surface area contributed by atoms with Crippen LogP contribution in [0, 0.1) is 0 Å². The van der Waals surface area contributed by atoms with E-state index in [1.54, 1.807) is 0 Å². The minimum Gasteiger partial charge on any atom is -0.465 e. The summed E-state index contributed by atoms with van der Waals surface area (Å²) in [5.74, 6) is 0.679. The molecule has 1 fully saturated rings. The molecule has 0 bridgehead atoms. The van der Waals surface area contributed by atoms with Crippen molar-refractivity contribution in [3.63, 3.8) is 0 Å². The number of rotatable bonds is 3. The highest BCUT2D eigenvalue weighted by molar-refractivity contribution is 7.12. The minimum atomic E-state index is -0.325. The van der Waals surface area contributed by atoms with Crippen molar-refractivity contribution in [1.29, 1.82) is 0 Å². The molecule has 0 amide bonds. The summed E-state index contributed by atoms with van der Waals surface area (Å²) in [7, 11) is 1.39. The number of benzene rings is 1. The lowest BCUT2D eigenvalue weighted by molar-refractivity contribution is 0.0607. The summed E-state index contributed by atoms with van der Waals surface area (Å²) in [5, 5.41) is 1.87. The van der Waals surface area contributed by atoms with Gasteiger partial charge in [0.25, 0.3) is 0 Å². The summed E-state index contributed by atoms with van der Waals surface area (Å²) in [6, 6.07) is 12.1. The number of aliphatic imine (C=N–C) groups is 1. The number of carbonyl (C=O) groups excluding carboxylic acids is 1. The van der Waals surface area contributed by atoms with E-state index in [-0.39, 0.29) is 5.97 Å². The summed E-state index contributed by atoms with van der Waals surface area (Å²) < 4.78 is 4.80. The Kier molecular flexibility index (Phi) is 4.01. The molecule has 108 valence electrons. The Morgan fingerprint density at radius 3 is 2.86 bits per heavy atom. The Morgan fingerprint density at radius 2 is 2.10 bits per heavy atom. The molecule has 1 aliphatic rings. The van der Waals surface area contributed by atoms with Gasteiger partial charge in [-0.3, -0.25) is 0 Å². The molecule has 1 saturated heterocycles. The normalized spacial score (nSPS) is 16.4. The summed E-state index contributed by atoms with van der Waals surface area (Å²) in [6.45, 7) is 0.959. The summed E-state index contributed by atoms with van der Waals surface area (Å²) >= 11 is 1.36. The fourth-order valence-corrected chi connectivity index (χ4v) is 3.18. The standard InChI is InChI=1S/C16H16N2O2S/c1-20-16(19)15-13(9-11-21-15)17-14-8-5-10-18(14)12-6-3-2-4-7-12/h2-4,6-7,9,11H,5,8,10H2,1H3. The number of para-hydroxylation sites is 1. The summed E-state index contributed by atoms with van der Waals surface area (Å²) in [4.78, 5) is 19.2. The molecule has 0 unspecified atom stereocenters. The molecular weight excluding hydrogens is 284 g/mol. The van der Waals surface area contributed by atoms with Crippen LogP contribution in [0.15, 0.2) is 46.8 Å². The van der Waals surface area contributed by atoms with Crippen LogP contribution in [0.1, 0.15) is 22.5 Å². The minimum absolute atomic E-state index is 0.325. The van der Waals surface area contributed by atoms with Crippen LogP contribution in [-0.4, -0.2) is 25.5 Å². The Bertz CT molecular complexity index is 664. The lowest BCUT2D eigenvalue weighted by Gasteiger charge is -2.18. The van der Waals surface area contributed by atoms with E-state index < -0.39 is 0 Å². The third-order valence-corrected chi connectivity index (χ3v) is 4.31. The van der Waals surface area contributed by atoms with E-state index in [1.807, 2.05) is 29.6 Å². The first-order valence-corrected chi connectivity index (χ1v) is 7.73. The number of hydrogen-bond donors (Lipinski definition) is 0. The molecule has 4 nitrogen and oxygen atoms in total. The Morgan fingerprint density at radius 1 is 1.29 bits per heavy atom. The zero-order valence-corrected chi connectivity index (χ0v) is 12.6. The van der Waals surface area contributed by atoms with Gasteiger partial charge >= 0.3 is 5.97 Å². The van der Waals surface area contributed by atoms with Crippen LogP contribution in [0.5, 0.6) is 0 Å². The van der Waals surface area contributed by atoms with E-state index in [2.05, 4.69) is 17.0 Å². The number of amidine groups is 1. The van der Waals surface area contributed by atoms with Crippen molar-refractivity contribution in [1.82, 2.24) is 0 Å². The molecule has 0 aliphatic carbocycles. The van der Waals surface area contributed by atoms with Gasteiger partial charge in [0.1, 0.15) is 10.7 Å². The molecular formula is C16H16N2O2S. The smallest absolute Gasteiger partial charge is 0.350 e. The lowest BCUT2D eigenvalue weighted by Crippen LogP contribution is -2.23. The van der Waals surface area contributed by atoms with Gasteiger partial charge in [-0.1, -0.05) is 18.2 Å². The van der Waals surface area contributed by atoms with Crippen LogP contribution >= 0.6 is 11.3 Å². The van der Waals surface area contributed by atoms with Crippen molar-refractivity contribution < 1.29 is 9.53 Å². The highest BCUT2D eigenvalue weighted by Crippen LogP contribution is 2.29. The van der Waals surface area contributed by atoms with Gasteiger partial charge in [-0.2, -0.15) is 0 Å². The highest BCUT2D eigenvalue weighted by Gasteiger charge is 2.21. The third-order valence-electron chi connectivity index (χ3n) is 3.43. The van der Waals surface area contributed by atoms with Gasteiger partial charge in [-0.25, -0.2) is 9.79 Å². The van der Waals surface area contributed by atoms with E-state index >= 15 is 0 Å². The van der Waals surface area contributed by atoms with Gasteiger partial charge in [0.15, 0.2) is 0 Å². The first-order valence-electron chi connectivity index (χ1n) is 6.85. The third kappa shape index (κ3) is 2.83. The molecule has 3 rings (SSSR count). The first-order chi connectivity index (χ1) is 10.3. The molecule has 1 aliphatic heterocycles. The lowest BCUT2D eigenvalue weighted by atomic mass is 10.3. The van der Waals surface area contributed by atoms with Gasteiger partial charge in [0.2, 0.25) is 0 Å². The highest BCUT2D eigenvalue weighted by atomic mass is 32.1. The van der Waals surface area contributed by atoms with Crippen LogP contribution in [0.25, 0.3) is 0 Å². The molecule has 2 heterocycles. The maximum Gasteiger partial charge on any atom is 0.350 e. The largest absolute Gasteiger partial charge is 0.465 e. The topological polar surface area (TPSA) is 41.9 Å². The number of ether oxygens (including phenoxy) is 1. The van der Waals surface area contributed by atoms with Crippen LogP contribution in [-0.2, 0) is 4.74 Å². The summed E-state index contributed by atoms with van der Waals surface area (Å²) in [5.41, 5.74) is 1.84. The number of methoxy groups -OCH3 is 1. The van der Waals surface area contributed by atoms with Gasteiger partial charge in [0.05, 0.1) is 12.8 Å². The second-order valence-corrected chi connectivity index (χ2v) is 5.66. The fourth-order valence-electron chi connectivity index (χ4n) is 2.44. The molecule has 0 saturated carbocycles. The summed E-state index contributed by atoms with van der Waals surface area (Å²) in [6.07, 6.45) is 2.00. The fraction of sp³-hybridized carbons (Fsp3) is 0.250. The number of thiophene rings is 1. The Hall–Kier alpha value is -2.14. The van der Waals surface area contributed by atoms with Gasteiger partial charge in [-0.15, -0.1) is 11.3 Å². The van der Waals surface area contributed by atoms with Crippen molar-refractivity contribution in [3.8, 4) is 0 Å². The molecule has 0 spiro atoms. The average molecular weight is 300 g/mol.